The maximum atomic E-state index is 12.5. The molecule has 0 saturated carbocycles. The summed E-state index contributed by atoms with van der Waals surface area (Å²) in [7, 11) is 1.29. The average molecular weight is 475 g/mol. The van der Waals surface area contributed by atoms with Gasteiger partial charge < -0.3 is 14.8 Å². The Kier molecular flexibility index (Phi) is 8.07. The number of hydrogen-bond donors (Lipinski definition) is 1. The van der Waals surface area contributed by atoms with Gasteiger partial charge in [0.25, 0.3) is 5.91 Å². The summed E-state index contributed by atoms with van der Waals surface area (Å²) >= 11 is 6.37. The number of halogens is 1. The highest BCUT2D eigenvalue weighted by Gasteiger charge is 2.12. The minimum Gasteiger partial charge on any atom is -0.487 e. The van der Waals surface area contributed by atoms with Crippen LogP contribution in [0.25, 0.3) is 6.08 Å². The van der Waals surface area contributed by atoms with Crippen LogP contribution in [-0.4, -0.2) is 19.0 Å². The van der Waals surface area contributed by atoms with Gasteiger partial charge in [-0.05, 0) is 67.4 Å². The van der Waals surface area contributed by atoms with Crippen LogP contribution in [0.2, 0.25) is 5.02 Å². The van der Waals surface area contributed by atoms with Gasteiger partial charge in [0.1, 0.15) is 24.0 Å². The van der Waals surface area contributed by atoms with E-state index in [9.17, 15) is 14.9 Å². The van der Waals surface area contributed by atoms with Crippen LogP contribution in [0.15, 0.2) is 66.2 Å². The minimum absolute atomic E-state index is 0.1000. The minimum atomic E-state index is -0.584. The number of methoxy groups -OCH3 is 1. The molecule has 0 aliphatic carbocycles. The second-order valence-corrected chi connectivity index (χ2v) is 8.07. The number of aryl methyl sites for hydroxylation is 2. The van der Waals surface area contributed by atoms with Gasteiger partial charge in [-0.15, -0.1) is 0 Å². The molecule has 0 saturated heterocycles. The first-order valence-electron chi connectivity index (χ1n) is 10.4. The number of amides is 1. The van der Waals surface area contributed by atoms with Crippen LogP contribution in [0, 0.1) is 25.2 Å². The van der Waals surface area contributed by atoms with Gasteiger partial charge in [0, 0.05) is 5.69 Å². The quantitative estimate of drug-likeness (QED) is 0.263. The fourth-order valence-corrected chi connectivity index (χ4v) is 3.60. The monoisotopic (exact) mass is 474 g/mol. The third-order valence-corrected chi connectivity index (χ3v) is 5.17. The summed E-state index contributed by atoms with van der Waals surface area (Å²) in [6.45, 7) is 4.44. The van der Waals surface area contributed by atoms with E-state index in [1.807, 2.05) is 19.9 Å². The number of ether oxygens (including phenoxy) is 2. The molecule has 0 aromatic heterocycles. The van der Waals surface area contributed by atoms with E-state index >= 15 is 0 Å². The zero-order valence-electron chi connectivity index (χ0n) is 19.0. The predicted octanol–water partition coefficient (Wildman–Crippen LogP) is 5.87. The van der Waals surface area contributed by atoms with E-state index in [1.54, 1.807) is 30.3 Å². The second kappa shape index (κ2) is 11.2. The van der Waals surface area contributed by atoms with E-state index in [4.69, 9.17) is 16.3 Å². The highest BCUT2D eigenvalue weighted by atomic mass is 35.5. The Hall–Kier alpha value is -4.08. The average Bonchev–Trinajstić information content (AvgIpc) is 2.81. The first-order valence-corrected chi connectivity index (χ1v) is 10.8. The van der Waals surface area contributed by atoms with Crippen molar-refractivity contribution in [2.75, 3.05) is 12.4 Å². The maximum Gasteiger partial charge on any atom is 0.337 e. The molecule has 0 atom stereocenters. The Morgan fingerprint density at radius 3 is 2.29 bits per heavy atom. The van der Waals surface area contributed by atoms with E-state index in [2.05, 4.69) is 28.3 Å². The van der Waals surface area contributed by atoms with E-state index in [-0.39, 0.29) is 5.57 Å². The molecule has 0 heterocycles. The lowest BCUT2D eigenvalue weighted by atomic mass is 10.1. The predicted molar refractivity (Wildman–Crippen MR) is 132 cm³/mol. The first kappa shape index (κ1) is 24.6. The van der Waals surface area contributed by atoms with Gasteiger partial charge in [-0.1, -0.05) is 47.0 Å². The van der Waals surface area contributed by atoms with E-state index in [0.29, 0.717) is 34.2 Å². The number of carbonyl (C=O) groups excluding carboxylic acids is 2. The summed E-state index contributed by atoms with van der Waals surface area (Å²) in [5, 5.41) is 12.5. The van der Waals surface area contributed by atoms with E-state index < -0.39 is 11.9 Å². The molecule has 3 rings (SSSR count). The Bertz CT molecular complexity index is 1270. The highest BCUT2D eigenvalue weighted by Crippen LogP contribution is 2.27. The topological polar surface area (TPSA) is 88.4 Å². The number of nitrogens with one attached hydrogen (secondary N) is 1. The SMILES string of the molecule is COC(=O)c1ccc(NC(=O)/C(C#N)=C/c2ccc(OCc3cc(C)cc(C)c3)c(Cl)c2)cc1. The number of benzene rings is 3. The molecule has 7 heteroatoms. The summed E-state index contributed by atoms with van der Waals surface area (Å²) < 4.78 is 10.5. The van der Waals surface area contributed by atoms with Crippen LogP contribution < -0.4 is 10.1 Å². The zero-order valence-corrected chi connectivity index (χ0v) is 19.8. The Morgan fingerprint density at radius 2 is 1.71 bits per heavy atom. The van der Waals surface area contributed by atoms with Crippen molar-refractivity contribution in [2.24, 2.45) is 0 Å². The molecule has 3 aromatic rings. The van der Waals surface area contributed by atoms with Gasteiger partial charge in [-0.25, -0.2) is 4.79 Å². The highest BCUT2D eigenvalue weighted by molar-refractivity contribution is 6.32. The number of nitriles is 1. The molecule has 0 unspecified atom stereocenters. The number of hydrogen-bond acceptors (Lipinski definition) is 5. The van der Waals surface area contributed by atoms with E-state index in [0.717, 1.165) is 16.7 Å². The zero-order chi connectivity index (χ0) is 24.7. The molecular formula is C27H23ClN2O4. The summed E-state index contributed by atoms with van der Waals surface area (Å²) in [6, 6.07) is 19.3. The molecule has 0 radical (unpaired) electrons. The number of nitrogens with zero attached hydrogens (tertiary/aromatic N) is 1. The molecule has 0 fully saturated rings. The third kappa shape index (κ3) is 6.47. The summed E-state index contributed by atoms with van der Waals surface area (Å²) in [6.07, 6.45) is 1.44. The molecular weight excluding hydrogens is 452 g/mol. The van der Waals surface area contributed by atoms with Crippen LogP contribution in [0.3, 0.4) is 0 Å². The molecule has 34 heavy (non-hydrogen) atoms. The van der Waals surface area contributed by atoms with Crippen molar-refractivity contribution >= 4 is 35.2 Å². The lowest BCUT2D eigenvalue weighted by Gasteiger charge is -2.10. The van der Waals surface area contributed by atoms with Gasteiger partial charge in [0.15, 0.2) is 0 Å². The molecule has 1 amide bonds. The van der Waals surface area contributed by atoms with Crippen LogP contribution in [0.1, 0.15) is 32.6 Å². The lowest BCUT2D eigenvalue weighted by Crippen LogP contribution is -2.13. The van der Waals surface area contributed by atoms with Gasteiger partial charge in [-0.3, -0.25) is 4.79 Å². The van der Waals surface area contributed by atoms with Crippen LogP contribution >= 0.6 is 11.6 Å². The second-order valence-electron chi connectivity index (χ2n) is 7.67. The molecule has 0 aliphatic rings. The number of rotatable bonds is 7. The molecule has 3 aromatic carbocycles. The fraction of sp³-hybridized carbons (Fsp3) is 0.148. The van der Waals surface area contributed by atoms with Gasteiger partial charge in [0.2, 0.25) is 0 Å². The molecule has 6 nitrogen and oxygen atoms in total. The molecule has 172 valence electrons. The van der Waals surface area contributed by atoms with Crippen LogP contribution in [0.5, 0.6) is 5.75 Å². The molecule has 0 bridgehead atoms. The van der Waals surface area contributed by atoms with E-state index in [1.165, 1.54) is 25.3 Å². The van der Waals surface area contributed by atoms with Crippen molar-refractivity contribution in [3.63, 3.8) is 0 Å². The Morgan fingerprint density at radius 1 is 1.03 bits per heavy atom. The van der Waals surface area contributed by atoms with Gasteiger partial charge in [0.05, 0.1) is 17.7 Å². The largest absolute Gasteiger partial charge is 0.487 e. The van der Waals surface area contributed by atoms with Gasteiger partial charge >= 0.3 is 5.97 Å². The fourth-order valence-electron chi connectivity index (χ4n) is 3.36. The number of carbonyl (C=O) groups is 2. The summed E-state index contributed by atoms with van der Waals surface area (Å²) in [5.41, 5.74) is 4.63. The standard InChI is InChI=1S/C27H23ClN2O4/c1-17-10-18(2)12-20(11-17)16-34-25-9-4-19(14-24(25)28)13-22(15-29)26(31)30-23-7-5-21(6-8-23)27(32)33-3/h4-14H,16H2,1-3H3,(H,30,31)/b22-13+. The normalized spacial score (nSPS) is 10.9. The summed E-state index contributed by atoms with van der Waals surface area (Å²) in [4.78, 5) is 24.1. The Labute approximate surface area is 203 Å². The first-order chi connectivity index (χ1) is 16.3. The van der Waals surface area contributed by atoms with Crippen molar-refractivity contribution in [2.45, 2.75) is 20.5 Å². The molecule has 0 spiro atoms. The van der Waals surface area contributed by atoms with Crippen molar-refractivity contribution in [3.8, 4) is 11.8 Å². The maximum absolute atomic E-state index is 12.5. The molecule has 1 N–H and O–H groups in total. The summed E-state index contributed by atoms with van der Waals surface area (Å²) in [5.74, 6) is -0.556. The van der Waals surface area contributed by atoms with Crippen molar-refractivity contribution in [3.05, 3.63) is 99.1 Å². The number of esters is 1. The third-order valence-electron chi connectivity index (χ3n) is 4.87. The smallest absolute Gasteiger partial charge is 0.337 e. The van der Waals surface area contributed by atoms with Crippen LogP contribution in [-0.2, 0) is 16.1 Å². The van der Waals surface area contributed by atoms with Crippen molar-refractivity contribution in [1.29, 1.82) is 5.26 Å². The Balaban J connectivity index is 1.69. The van der Waals surface area contributed by atoms with Crippen molar-refractivity contribution in [1.82, 2.24) is 0 Å². The van der Waals surface area contributed by atoms with Gasteiger partial charge in [-0.2, -0.15) is 5.26 Å². The lowest BCUT2D eigenvalue weighted by molar-refractivity contribution is -0.112. The molecule has 0 aliphatic heterocycles. The van der Waals surface area contributed by atoms with Crippen LogP contribution in [0.4, 0.5) is 5.69 Å². The number of anilines is 1. The van der Waals surface area contributed by atoms with Crippen molar-refractivity contribution < 1.29 is 19.1 Å².